The highest BCUT2D eigenvalue weighted by molar-refractivity contribution is 7.97. The molecule has 0 fully saturated rings. The number of nitrogens with zero attached hydrogens (tertiary/aromatic N) is 1. The molecule has 1 aliphatic rings. The van der Waals surface area contributed by atoms with Gasteiger partial charge in [0, 0.05) is 39.2 Å². The van der Waals surface area contributed by atoms with Crippen LogP contribution >= 0.6 is 23.4 Å². The minimum Gasteiger partial charge on any atom is -0.467 e. The largest absolute Gasteiger partial charge is 0.467 e. The SMILES string of the molecule is Fc1cc(CSCc2cc(Cl)cc3c2OCOC3)c2ncccc2c1. The van der Waals surface area contributed by atoms with Crippen LogP contribution in [0.2, 0.25) is 5.02 Å². The Morgan fingerprint density at radius 1 is 1.16 bits per heavy atom. The van der Waals surface area contributed by atoms with Crippen LogP contribution in [0.4, 0.5) is 4.39 Å². The van der Waals surface area contributed by atoms with Crippen LogP contribution in [-0.4, -0.2) is 11.8 Å². The van der Waals surface area contributed by atoms with E-state index in [-0.39, 0.29) is 12.6 Å². The van der Waals surface area contributed by atoms with Crippen molar-refractivity contribution in [3.8, 4) is 5.75 Å². The topological polar surface area (TPSA) is 31.4 Å². The lowest BCUT2D eigenvalue weighted by Gasteiger charge is -2.21. The van der Waals surface area contributed by atoms with Gasteiger partial charge in [-0.1, -0.05) is 17.7 Å². The molecular formula is C19H15ClFNO2S. The Labute approximate surface area is 154 Å². The van der Waals surface area contributed by atoms with Crippen LogP contribution in [0.15, 0.2) is 42.6 Å². The Bertz CT molecular complexity index is 935. The average Bonchev–Trinajstić information content (AvgIpc) is 2.61. The molecule has 3 aromatic rings. The number of pyridine rings is 1. The first kappa shape index (κ1) is 16.6. The molecule has 2 aromatic carbocycles. The number of hydrogen-bond acceptors (Lipinski definition) is 4. The Balaban J connectivity index is 1.55. The number of thioether (sulfide) groups is 1. The van der Waals surface area contributed by atoms with E-state index < -0.39 is 0 Å². The molecule has 0 atom stereocenters. The monoisotopic (exact) mass is 375 g/mol. The second-order valence-corrected chi connectivity index (χ2v) is 7.22. The second-order valence-electron chi connectivity index (χ2n) is 5.80. The summed E-state index contributed by atoms with van der Waals surface area (Å²) in [6.07, 6.45) is 1.73. The van der Waals surface area contributed by atoms with Crippen molar-refractivity contribution in [1.29, 1.82) is 0 Å². The minimum absolute atomic E-state index is 0.239. The lowest BCUT2D eigenvalue weighted by molar-refractivity contribution is -0.0168. The standard InChI is InChI=1S/C19H15ClFNO2S/c20-16-4-13-8-23-11-24-19(13)15(5-16)10-25-9-14-7-17(21)6-12-2-1-3-22-18(12)14/h1-7H,8-11H2. The van der Waals surface area contributed by atoms with Gasteiger partial charge in [-0.05, 0) is 35.9 Å². The zero-order chi connectivity index (χ0) is 17.2. The molecule has 25 heavy (non-hydrogen) atoms. The molecule has 0 amide bonds. The normalized spacial score (nSPS) is 13.5. The summed E-state index contributed by atoms with van der Waals surface area (Å²) >= 11 is 7.88. The van der Waals surface area contributed by atoms with Crippen molar-refractivity contribution < 1.29 is 13.9 Å². The van der Waals surface area contributed by atoms with Crippen molar-refractivity contribution in [2.75, 3.05) is 6.79 Å². The molecule has 0 bridgehead atoms. The van der Waals surface area contributed by atoms with Gasteiger partial charge in [0.15, 0.2) is 6.79 Å². The molecule has 0 saturated heterocycles. The fraction of sp³-hybridized carbons (Fsp3) is 0.211. The maximum atomic E-state index is 13.8. The van der Waals surface area contributed by atoms with Crippen LogP contribution < -0.4 is 4.74 Å². The predicted molar refractivity (Wildman–Crippen MR) is 98.4 cm³/mol. The quantitative estimate of drug-likeness (QED) is 0.617. The van der Waals surface area contributed by atoms with Crippen molar-refractivity contribution in [2.45, 2.75) is 18.1 Å². The Hall–Kier alpha value is -1.82. The Kier molecular flexibility index (Phi) is 4.79. The van der Waals surface area contributed by atoms with Crippen LogP contribution in [0, 0.1) is 5.82 Å². The summed E-state index contributed by atoms with van der Waals surface area (Å²) in [5, 5.41) is 1.49. The maximum Gasteiger partial charge on any atom is 0.189 e. The van der Waals surface area contributed by atoms with Gasteiger partial charge in [0.1, 0.15) is 11.6 Å². The van der Waals surface area contributed by atoms with Crippen LogP contribution in [0.1, 0.15) is 16.7 Å². The number of hydrogen-bond donors (Lipinski definition) is 0. The third kappa shape index (κ3) is 3.59. The molecule has 0 N–H and O–H groups in total. The van der Waals surface area contributed by atoms with Gasteiger partial charge >= 0.3 is 0 Å². The summed E-state index contributed by atoms with van der Waals surface area (Å²) in [6.45, 7) is 0.761. The molecule has 0 aliphatic carbocycles. The van der Waals surface area contributed by atoms with Gasteiger partial charge in [0.25, 0.3) is 0 Å². The predicted octanol–water partition coefficient (Wildman–Crippen LogP) is 5.33. The highest BCUT2D eigenvalue weighted by atomic mass is 35.5. The number of ether oxygens (including phenoxy) is 2. The molecule has 128 valence electrons. The Morgan fingerprint density at radius 3 is 2.96 bits per heavy atom. The van der Waals surface area contributed by atoms with Gasteiger partial charge in [-0.3, -0.25) is 4.98 Å². The molecule has 1 aliphatic heterocycles. The van der Waals surface area contributed by atoms with E-state index in [9.17, 15) is 4.39 Å². The molecule has 0 radical (unpaired) electrons. The van der Waals surface area contributed by atoms with Crippen molar-refractivity contribution in [2.24, 2.45) is 0 Å². The van der Waals surface area contributed by atoms with E-state index in [2.05, 4.69) is 4.98 Å². The molecule has 0 unspecified atom stereocenters. The summed E-state index contributed by atoms with van der Waals surface area (Å²) in [6, 6.07) is 10.5. The molecule has 3 nitrogen and oxygen atoms in total. The molecule has 1 aromatic heterocycles. The third-order valence-electron chi connectivity index (χ3n) is 4.02. The zero-order valence-electron chi connectivity index (χ0n) is 13.3. The molecule has 0 saturated carbocycles. The number of rotatable bonds is 4. The van der Waals surface area contributed by atoms with Gasteiger partial charge in [-0.15, -0.1) is 0 Å². The van der Waals surface area contributed by atoms with Gasteiger partial charge in [-0.25, -0.2) is 4.39 Å². The van der Waals surface area contributed by atoms with Crippen molar-refractivity contribution in [1.82, 2.24) is 4.98 Å². The lowest BCUT2D eigenvalue weighted by atomic mass is 10.1. The van der Waals surface area contributed by atoms with Crippen LogP contribution in [0.5, 0.6) is 5.75 Å². The highest BCUT2D eigenvalue weighted by Gasteiger charge is 2.16. The molecule has 0 spiro atoms. The summed E-state index contributed by atoms with van der Waals surface area (Å²) in [7, 11) is 0. The second kappa shape index (κ2) is 7.20. The van der Waals surface area contributed by atoms with Crippen LogP contribution in [0.3, 0.4) is 0 Å². The van der Waals surface area contributed by atoms with Gasteiger partial charge in [0.2, 0.25) is 0 Å². The fourth-order valence-electron chi connectivity index (χ4n) is 2.97. The maximum absolute atomic E-state index is 13.8. The van der Waals surface area contributed by atoms with E-state index in [1.54, 1.807) is 24.0 Å². The van der Waals surface area contributed by atoms with Gasteiger partial charge in [-0.2, -0.15) is 11.8 Å². The minimum atomic E-state index is -0.239. The Morgan fingerprint density at radius 2 is 2.04 bits per heavy atom. The van der Waals surface area contributed by atoms with E-state index in [0.29, 0.717) is 23.1 Å². The molecule has 6 heteroatoms. The first-order valence-corrected chi connectivity index (χ1v) is 9.37. The van der Waals surface area contributed by atoms with E-state index >= 15 is 0 Å². The third-order valence-corrected chi connectivity index (χ3v) is 5.26. The van der Waals surface area contributed by atoms with Crippen molar-refractivity contribution in [3.63, 3.8) is 0 Å². The summed E-state index contributed by atoms with van der Waals surface area (Å²) in [5.41, 5.74) is 3.73. The van der Waals surface area contributed by atoms with Gasteiger partial charge < -0.3 is 9.47 Å². The summed E-state index contributed by atoms with van der Waals surface area (Å²) in [4.78, 5) is 4.39. The first-order valence-electron chi connectivity index (χ1n) is 7.83. The summed E-state index contributed by atoms with van der Waals surface area (Å²) in [5.74, 6) is 1.98. The van der Waals surface area contributed by atoms with Gasteiger partial charge in [0.05, 0.1) is 12.1 Å². The van der Waals surface area contributed by atoms with Crippen LogP contribution in [-0.2, 0) is 22.8 Å². The average molecular weight is 376 g/mol. The van der Waals surface area contributed by atoms with E-state index in [0.717, 1.165) is 33.3 Å². The first-order chi connectivity index (χ1) is 12.2. The fourth-order valence-corrected chi connectivity index (χ4v) is 4.21. The molecule has 4 rings (SSSR count). The van der Waals surface area contributed by atoms with E-state index in [1.165, 1.54) is 6.07 Å². The number of aromatic nitrogens is 1. The number of fused-ring (bicyclic) bond motifs is 2. The summed E-state index contributed by atoms with van der Waals surface area (Å²) < 4.78 is 24.8. The zero-order valence-corrected chi connectivity index (χ0v) is 14.9. The number of benzene rings is 2. The molecular weight excluding hydrogens is 361 g/mol. The molecule has 2 heterocycles. The van der Waals surface area contributed by atoms with E-state index in [1.807, 2.05) is 24.3 Å². The van der Waals surface area contributed by atoms with E-state index in [4.69, 9.17) is 21.1 Å². The van der Waals surface area contributed by atoms with Crippen LogP contribution in [0.25, 0.3) is 10.9 Å². The number of halogens is 2. The van der Waals surface area contributed by atoms with Crippen molar-refractivity contribution >= 4 is 34.3 Å². The lowest BCUT2D eigenvalue weighted by Crippen LogP contribution is -2.13. The highest BCUT2D eigenvalue weighted by Crippen LogP contribution is 2.35. The van der Waals surface area contributed by atoms with Crippen molar-refractivity contribution in [3.05, 3.63) is 70.1 Å². The smallest absolute Gasteiger partial charge is 0.189 e.